The summed E-state index contributed by atoms with van der Waals surface area (Å²) in [4.78, 5) is 0. The van der Waals surface area contributed by atoms with Crippen molar-refractivity contribution in [2.24, 2.45) is 5.73 Å². The van der Waals surface area contributed by atoms with Gasteiger partial charge in [-0.05, 0) is 6.92 Å². The fraction of sp³-hybridized carbons (Fsp3) is 0.200. The van der Waals surface area contributed by atoms with E-state index in [0.29, 0.717) is 6.61 Å². The first-order chi connectivity index (χ1) is 8.27. The lowest BCUT2D eigenvalue weighted by molar-refractivity contribution is -0.00611. The maximum Gasteiger partial charge on any atom is 0.169 e. The van der Waals surface area contributed by atoms with Crippen molar-refractivity contribution in [2.45, 2.75) is 12.6 Å². The molecule has 2 N–H and O–H groups in total. The van der Waals surface area contributed by atoms with E-state index in [-0.39, 0.29) is 0 Å². The van der Waals surface area contributed by atoms with Crippen LogP contribution < -0.4 is 5.73 Å². The van der Waals surface area contributed by atoms with Gasteiger partial charge >= 0.3 is 0 Å². The minimum absolute atomic E-state index is 0.570. The van der Waals surface area contributed by atoms with Gasteiger partial charge in [-0.25, -0.2) is 0 Å². The van der Waals surface area contributed by atoms with Gasteiger partial charge in [0.2, 0.25) is 0 Å². The molecular weight excluding hydrogens is 210 g/mol. The van der Waals surface area contributed by atoms with E-state index in [9.17, 15) is 0 Å². The molecule has 0 fully saturated rings. The Morgan fingerprint density at radius 2 is 1.29 bits per heavy atom. The topological polar surface area (TPSA) is 35.2 Å². The molecule has 0 aliphatic carbocycles. The zero-order valence-corrected chi connectivity index (χ0v) is 9.97. The predicted octanol–water partition coefficient (Wildman–Crippen LogP) is 2.88. The van der Waals surface area contributed by atoms with Crippen molar-refractivity contribution in [3.8, 4) is 0 Å². The average Bonchev–Trinajstić information content (AvgIpc) is 2.41. The van der Waals surface area contributed by atoms with Crippen LogP contribution in [0.4, 0.5) is 0 Å². The van der Waals surface area contributed by atoms with Crippen molar-refractivity contribution >= 4 is 0 Å². The predicted molar refractivity (Wildman–Crippen MR) is 69.5 cm³/mol. The molecule has 2 aromatic carbocycles. The summed E-state index contributed by atoms with van der Waals surface area (Å²) in [6, 6.07) is 19.8. The summed E-state index contributed by atoms with van der Waals surface area (Å²) in [5, 5.41) is 0. The van der Waals surface area contributed by atoms with Crippen LogP contribution in [0.15, 0.2) is 60.7 Å². The zero-order chi connectivity index (χ0) is 12.1. The number of hydrogen-bond donors (Lipinski definition) is 1. The summed E-state index contributed by atoms with van der Waals surface area (Å²) in [6.07, 6.45) is 0. The van der Waals surface area contributed by atoms with Crippen LogP contribution in [0, 0.1) is 0 Å². The second-order valence-corrected chi connectivity index (χ2v) is 3.90. The van der Waals surface area contributed by atoms with Gasteiger partial charge in [0.15, 0.2) is 5.72 Å². The van der Waals surface area contributed by atoms with Crippen molar-refractivity contribution < 1.29 is 4.74 Å². The molecular formula is C15H17NO. The monoisotopic (exact) mass is 227 g/mol. The van der Waals surface area contributed by atoms with Gasteiger partial charge in [-0.15, -0.1) is 0 Å². The normalized spacial score (nSPS) is 11.4. The first-order valence-electron chi connectivity index (χ1n) is 5.81. The average molecular weight is 227 g/mol. The second kappa shape index (κ2) is 5.13. The Hall–Kier alpha value is -1.64. The fourth-order valence-corrected chi connectivity index (χ4v) is 1.93. The van der Waals surface area contributed by atoms with Crippen molar-refractivity contribution in [3.05, 3.63) is 71.8 Å². The SMILES string of the molecule is CCOC(N)(c1ccccc1)c1ccccc1. The minimum atomic E-state index is -0.864. The Bertz CT molecular complexity index is 413. The lowest BCUT2D eigenvalue weighted by Crippen LogP contribution is -2.40. The lowest BCUT2D eigenvalue weighted by Gasteiger charge is -2.30. The Kier molecular flexibility index (Phi) is 3.57. The number of rotatable bonds is 4. The molecule has 0 saturated carbocycles. The van der Waals surface area contributed by atoms with Crippen molar-refractivity contribution in [1.82, 2.24) is 0 Å². The van der Waals surface area contributed by atoms with Crippen LogP contribution in [0.2, 0.25) is 0 Å². The van der Waals surface area contributed by atoms with Crippen molar-refractivity contribution in [3.63, 3.8) is 0 Å². The summed E-state index contributed by atoms with van der Waals surface area (Å²) >= 11 is 0. The molecule has 2 nitrogen and oxygen atoms in total. The number of ether oxygens (including phenoxy) is 1. The summed E-state index contributed by atoms with van der Waals surface area (Å²) in [5.41, 5.74) is 7.50. The van der Waals surface area contributed by atoms with Crippen LogP contribution in [-0.2, 0) is 10.5 Å². The molecule has 0 aliphatic rings. The number of nitrogens with two attached hydrogens (primary N) is 1. The fourth-order valence-electron chi connectivity index (χ4n) is 1.93. The van der Waals surface area contributed by atoms with Crippen LogP contribution in [0.5, 0.6) is 0 Å². The van der Waals surface area contributed by atoms with Gasteiger partial charge in [0.1, 0.15) is 0 Å². The molecule has 0 bridgehead atoms. The molecule has 17 heavy (non-hydrogen) atoms. The van der Waals surface area contributed by atoms with Crippen molar-refractivity contribution in [2.75, 3.05) is 6.61 Å². The van der Waals surface area contributed by atoms with E-state index in [0.717, 1.165) is 11.1 Å². The summed E-state index contributed by atoms with van der Waals surface area (Å²) in [5.74, 6) is 0. The first kappa shape index (κ1) is 11.8. The number of hydrogen-bond acceptors (Lipinski definition) is 2. The third-order valence-corrected chi connectivity index (χ3v) is 2.78. The van der Waals surface area contributed by atoms with E-state index in [1.54, 1.807) is 0 Å². The third-order valence-electron chi connectivity index (χ3n) is 2.78. The Morgan fingerprint density at radius 3 is 1.65 bits per heavy atom. The quantitative estimate of drug-likeness (QED) is 0.815. The maximum atomic E-state index is 6.43. The largest absolute Gasteiger partial charge is 0.353 e. The Balaban J connectivity index is 2.47. The molecule has 2 aromatic rings. The van der Waals surface area contributed by atoms with E-state index >= 15 is 0 Å². The van der Waals surface area contributed by atoms with Gasteiger partial charge in [0, 0.05) is 17.7 Å². The molecule has 0 radical (unpaired) electrons. The van der Waals surface area contributed by atoms with Gasteiger partial charge in [-0.2, -0.15) is 0 Å². The van der Waals surface area contributed by atoms with Gasteiger partial charge in [-0.1, -0.05) is 60.7 Å². The molecule has 0 aliphatic heterocycles. The Labute approximate surface area is 102 Å². The zero-order valence-electron chi connectivity index (χ0n) is 9.97. The highest BCUT2D eigenvalue weighted by Crippen LogP contribution is 2.27. The molecule has 2 heteroatoms. The van der Waals surface area contributed by atoms with Crippen LogP contribution in [0.25, 0.3) is 0 Å². The van der Waals surface area contributed by atoms with Gasteiger partial charge in [0.05, 0.1) is 0 Å². The smallest absolute Gasteiger partial charge is 0.169 e. The molecule has 2 rings (SSSR count). The highest BCUT2D eigenvalue weighted by atomic mass is 16.5. The molecule has 0 aromatic heterocycles. The summed E-state index contributed by atoms with van der Waals surface area (Å²) in [6.45, 7) is 2.52. The van der Waals surface area contributed by atoms with E-state index < -0.39 is 5.72 Å². The standard InChI is InChI=1S/C15H17NO/c1-2-17-15(16,13-9-5-3-6-10-13)14-11-7-4-8-12-14/h3-12H,2,16H2,1H3. The van der Waals surface area contributed by atoms with Gasteiger partial charge < -0.3 is 4.74 Å². The van der Waals surface area contributed by atoms with Gasteiger partial charge in [-0.3, -0.25) is 5.73 Å². The molecule has 0 amide bonds. The molecule has 88 valence electrons. The molecule has 0 spiro atoms. The second-order valence-electron chi connectivity index (χ2n) is 3.90. The lowest BCUT2D eigenvalue weighted by atomic mass is 9.95. The summed E-state index contributed by atoms with van der Waals surface area (Å²) in [7, 11) is 0. The Morgan fingerprint density at radius 1 is 0.882 bits per heavy atom. The maximum absolute atomic E-state index is 6.43. The van der Waals surface area contributed by atoms with E-state index in [2.05, 4.69) is 0 Å². The van der Waals surface area contributed by atoms with Crippen LogP contribution in [-0.4, -0.2) is 6.61 Å². The highest BCUT2D eigenvalue weighted by Gasteiger charge is 2.29. The minimum Gasteiger partial charge on any atom is -0.353 e. The number of benzene rings is 2. The van der Waals surface area contributed by atoms with E-state index in [1.165, 1.54) is 0 Å². The molecule has 0 unspecified atom stereocenters. The van der Waals surface area contributed by atoms with Crippen molar-refractivity contribution in [1.29, 1.82) is 0 Å². The third kappa shape index (κ3) is 2.38. The van der Waals surface area contributed by atoms with E-state index in [1.807, 2.05) is 67.6 Å². The molecule has 0 heterocycles. The van der Waals surface area contributed by atoms with Gasteiger partial charge in [0.25, 0.3) is 0 Å². The van der Waals surface area contributed by atoms with Crippen LogP contribution in [0.3, 0.4) is 0 Å². The van der Waals surface area contributed by atoms with E-state index in [4.69, 9.17) is 10.5 Å². The molecule has 0 saturated heterocycles. The summed E-state index contributed by atoms with van der Waals surface area (Å²) < 4.78 is 5.78. The highest BCUT2D eigenvalue weighted by molar-refractivity contribution is 5.34. The van der Waals surface area contributed by atoms with Crippen LogP contribution >= 0.6 is 0 Å². The molecule has 0 atom stereocenters. The first-order valence-corrected chi connectivity index (χ1v) is 5.81. The van der Waals surface area contributed by atoms with Crippen LogP contribution in [0.1, 0.15) is 18.1 Å².